The first kappa shape index (κ1) is 35.1. The van der Waals surface area contributed by atoms with Crippen molar-refractivity contribution in [2.24, 2.45) is 5.73 Å². The van der Waals surface area contributed by atoms with E-state index in [9.17, 15) is 27.6 Å². The first-order valence-corrected chi connectivity index (χ1v) is 17.1. The van der Waals surface area contributed by atoms with E-state index < -0.39 is 64.2 Å². The Morgan fingerprint density at radius 2 is 1.84 bits per heavy atom. The van der Waals surface area contributed by atoms with Gasteiger partial charge >= 0.3 is 6.09 Å². The van der Waals surface area contributed by atoms with Crippen LogP contribution in [0.25, 0.3) is 0 Å². The molecule has 0 spiro atoms. The van der Waals surface area contributed by atoms with Crippen LogP contribution in [0.5, 0.6) is 5.75 Å². The number of amides is 3. The van der Waals surface area contributed by atoms with E-state index in [1.165, 1.54) is 11.8 Å². The van der Waals surface area contributed by atoms with Crippen molar-refractivity contribution in [2.75, 3.05) is 37.8 Å². The summed E-state index contributed by atoms with van der Waals surface area (Å²) in [5.74, 6) is -1.16. The molecule has 0 bridgehead atoms. The molecule has 246 valence electrons. The van der Waals surface area contributed by atoms with Crippen LogP contribution in [0, 0.1) is 0 Å². The normalized spacial score (nSPS) is 20.6. The molecular formula is C29H46N6O8S. The van der Waals surface area contributed by atoms with E-state index in [4.69, 9.17) is 15.2 Å². The van der Waals surface area contributed by atoms with Crippen LogP contribution in [0.2, 0.25) is 0 Å². The SMILES string of the molecule is CCCN(CCC)C(=O)O[C@@H]1C[C@@H](C(=O)N[C@@H](CCCCN)C(=O)C2Nc3ccccc3O2)N(C(=O)[C@@H](C)NS(C)(=O)=O)C1. The van der Waals surface area contributed by atoms with E-state index in [2.05, 4.69) is 15.4 Å². The number of unbranched alkanes of at least 4 members (excludes halogenated alkanes) is 1. The number of carbonyl (C=O) groups excluding carboxylic acids is 4. The molecule has 0 aliphatic carbocycles. The number of likely N-dealkylation sites (tertiary alicyclic amines) is 1. The first-order chi connectivity index (χ1) is 20.9. The Hall–Kier alpha value is -3.43. The van der Waals surface area contributed by atoms with Gasteiger partial charge in [-0.25, -0.2) is 17.9 Å². The minimum atomic E-state index is -3.73. The van der Waals surface area contributed by atoms with Gasteiger partial charge in [0.1, 0.15) is 17.9 Å². The van der Waals surface area contributed by atoms with E-state index in [0.717, 1.165) is 19.1 Å². The van der Waals surface area contributed by atoms with Crippen LogP contribution in [0.3, 0.4) is 0 Å². The zero-order valence-electron chi connectivity index (χ0n) is 25.9. The fraction of sp³-hybridized carbons (Fsp3) is 0.655. The van der Waals surface area contributed by atoms with Crippen LogP contribution in [-0.2, 0) is 29.1 Å². The lowest BCUT2D eigenvalue weighted by molar-refractivity contribution is -0.140. The number of hydrogen-bond acceptors (Lipinski definition) is 10. The molecule has 0 radical (unpaired) electrons. The van der Waals surface area contributed by atoms with Gasteiger partial charge < -0.3 is 35.6 Å². The summed E-state index contributed by atoms with van der Waals surface area (Å²) in [6.45, 7) is 6.55. The number of ether oxygens (including phenoxy) is 2. The lowest BCUT2D eigenvalue weighted by atomic mass is 10.0. The van der Waals surface area contributed by atoms with Crippen molar-refractivity contribution in [1.82, 2.24) is 19.8 Å². The van der Waals surface area contributed by atoms with E-state index in [1.54, 1.807) is 29.2 Å². The molecule has 1 fully saturated rings. The van der Waals surface area contributed by atoms with Crippen LogP contribution in [-0.4, -0.2) is 105 Å². The number of rotatable bonds is 16. The van der Waals surface area contributed by atoms with Crippen molar-refractivity contribution in [1.29, 1.82) is 0 Å². The lowest BCUT2D eigenvalue weighted by Crippen LogP contribution is -2.56. The van der Waals surface area contributed by atoms with Crippen LogP contribution in [0.1, 0.15) is 59.3 Å². The number of carbonyl (C=O) groups is 4. The van der Waals surface area contributed by atoms with Gasteiger partial charge in [-0.05, 0) is 57.7 Å². The first-order valence-electron chi connectivity index (χ1n) is 15.2. The summed E-state index contributed by atoms with van der Waals surface area (Å²) in [7, 11) is -3.73. The standard InChI is InChI=1S/C29H46N6O8S/c1-5-15-34(16-6-2)29(39)42-20-17-23(35(18-20)28(38)19(3)33-44(4,40)41)26(37)31-22(12-9-10-14-30)25(36)27-32-21-11-7-8-13-24(21)43-27/h7-8,11,13,19-20,22-23,27,32-33H,5-6,9-10,12,14-18,30H2,1-4H3,(H,31,37)/t19-,20-,22+,23+,27?/m1/s1. The third-order valence-electron chi connectivity index (χ3n) is 7.41. The van der Waals surface area contributed by atoms with E-state index in [1.807, 2.05) is 13.8 Å². The molecular weight excluding hydrogens is 592 g/mol. The maximum atomic E-state index is 13.8. The average Bonchev–Trinajstić information content (AvgIpc) is 3.59. The Morgan fingerprint density at radius 3 is 2.45 bits per heavy atom. The number of nitrogens with zero attached hydrogens (tertiary/aromatic N) is 2. The predicted octanol–water partition coefficient (Wildman–Crippen LogP) is 1.17. The molecule has 0 aromatic heterocycles. The minimum absolute atomic E-state index is 0.0195. The van der Waals surface area contributed by atoms with E-state index in [-0.39, 0.29) is 19.4 Å². The monoisotopic (exact) mass is 638 g/mol. The highest BCUT2D eigenvalue weighted by molar-refractivity contribution is 7.88. The molecule has 3 rings (SSSR count). The Kier molecular flexibility index (Phi) is 12.8. The van der Waals surface area contributed by atoms with Crippen LogP contribution in [0.15, 0.2) is 24.3 Å². The van der Waals surface area contributed by atoms with Gasteiger partial charge in [0.2, 0.25) is 33.8 Å². The van der Waals surface area contributed by atoms with Gasteiger partial charge in [-0.3, -0.25) is 14.4 Å². The number of anilines is 1. The van der Waals surface area contributed by atoms with Crippen LogP contribution in [0.4, 0.5) is 10.5 Å². The second-order valence-electron chi connectivity index (χ2n) is 11.2. The Labute approximate surface area is 259 Å². The maximum absolute atomic E-state index is 13.8. The number of nitrogens with one attached hydrogen (secondary N) is 3. The summed E-state index contributed by atoms with van der Waals surface area (Å²) in [5.41, 5.74) is 6.32. The molecule has 2 heterocycles. The van der Waals surface area contributed by atoms with Gasteiger partial charge in [0.25, 0.3) is 0 Å². The summed E-state index contributed by atoms with van der Waals surface area (Å²) in [6.07, 6.45) is 1.46. The van der Waals surface area contributed by atoms with Crippen molar-refractivity contribution in [3.05, 3.63) is 24.3 Å². The largest absolute Gasteiger partial charge is 0.461 e. The number of benzene rings is 1. The molecule has 1 aromatic carbocycles. The topological polar surface area (TPSA) is 189 Å². The molecule has 1 aromatic rings. The summed E-state index contributed by atoms with van der Waals surface area (Å²) in [4.78, 5) is 56.5. The van der Waals surface area contributed by atoms with Gasteiger partial charge in [-0.1, -0.05) is 26.0 Å². The van der Waals surface area contributed by atoms with Crippen molar-refractivity contribution in [3.8, 4) is 5.75 Å². The number of Topliss-reactive ketones (excluding diaryl/α,β-unsaturated/α-hetero) is 1. The molecule has 3 amide bonds. The molecule has 0 saturated carbocycles. The highest BCUT2D eigenvalue weighted by Crippen LogP contribution is 2.32. The van der Waals surface area contributed by atoms with E-state index >= 15 is 0 Å². The molecule has 14 nitrogen and oxygen atoms in total. The summed E-state index contributed by atoms with van der Waals surface area (Å²) in [5, 5.41) is 5.83. The highest BCUT2D eigenvalue weighted by atomic mass is 32.2. The third kappa shape index (κ3) is 9.53. The molecule has 15 heteroatoms. The Bertz CT molecular complexity index is 1250. The second-order valence-corrected chi connectivity index (χ2v) is 13.0. The van der Waals surface area contributed by atoms with Crippen molar-refractivity contribution >= 4 is 39.4 Å². The summed E-state index contributed by atoms with van der Waals surface area (Å²) < 4.78 is 37.4. The van der Waals surface area contributed by atoms with E-state index in [0.29, 0.717) is 43.9 Å². The van der Waals surface area contributed by atoms with Gasteiger partial charge in [0.15, 0.2) is 0 Å². The molecule has 44 heavy (non-hydrogen) atoms. The van der Waals surface area contributed by atoms with Crippen molar-refractivity contribution in [3.63, 3.8) is 0 Å². The molecule has 2 aliphatic rings. The fourth-order valence-corrected chi connectivity index (χ4v) is 6.13. The molecule has 1 saturated heterocycles. The van der Waals surface area contributed by atoms with Gasteiger partial charge in [0.05, 0.1) is 30.6 Å². The number of sulfonamides is 1. The molecule has 5 N–H and O–H groups in total. The summed E-state index contributed by atoms with van der Waals surface area (Å²) >= 11 is 0. The van der Waals surface area contributed by atoms with Crippen LogP contribution >= 0.6 is 0 Å². The molecule has 1 unspecified atom stereocenters. The fourth-order valence-electron chi connectivity index (χ4n) is 5.39. The van der Waals surface area contributed by atoms with Gasteiger partial charge in [-0.15, -0.1) is 0 Å². The zero-order chi connectivity index (χ0) is 32.4. The number of hydrogen-bond donors (Lipinski definition) is 4. The molecule has 2 aliphatic heterocycles. The third-order valence-corrected chi connectivity index (χ3v) is 8.19. The second kappa shape index (κ2) is 16.0. The lowest BCUT2D eigenvalue weighted by Gasteiger charge is -2.28. The predicted molar refractivity (Wildman–Crippen MR) is 164 cm³/mol. The van der Waals surface area contributed by atoms with Crippen LogP contribution < -0.4 is 25.8 Å². The zero-order valence-corrected chi connectivity index (χ0v) is 26.7. The van der Waals surface area contributed by atoms with Crippen molar-refractivity contribution < 1.29 is 37.1 Å². The molecule has 5 atom stereocenters. The van der Waals surface area contributed by atoms with Crippen molar-refractivity contribution in [2.45, 2.75) is 89.8 Å². The number of nitrogens with two attached hydrogens (primary N) is 1. The highest BCUT2D eigenvalue weighted by Gasteiger charge is 2.44. The number of para-hydroxylation sites is 2. The Balaban J connectivity index is 1.80. The van der Waals surface area contributed by atoms with Gasteiger partial charge in [0, 0.05) is 19.5 Å². The number of ketones is 1. The minimum Gasteiger partial charge on any atom is -0.461 e. The Morgan fingerprint density at radius 1 is 1.16 bits per heavy atom. The summed E-state index contributed by atoms with van der Waals surface area (Å²) in [6, 6.07) is 3.84. The smallest absolute Gasteiger partial charge is 0.410 e. The maximum Gasteiger partial charge on any atom is 0.410 e. The van der Waals surface area contributed by atoms with Gasteiger partial charge in [-0.2, -0.15) is 0 Å². The number of fused-ring (bicyclic) bond motifs is 1. The quantitative estimate of drug-likeness (QED) is 0.191. The average molecular weight is 639 g/mol.